The van der Waals surface area contributed by atoms with Crippen molar-refractivity contribution in [2.24, 2.45) is 0 Å². The van der Waals surface area contributed by atoms with Crippen molar-refractivity contribution in [2.45, 2.75) is 18.9 Å². The molecular weight excluding hydrogens is 258 g/mol. The topological polar surface area (TPSA) is 76.6 Å². The summed E-state index contributed by atoms with van der Waals surface area (Å²) in [7, 11) is 0. The molecular formula is C14H11N3O3. The standard InChI is InChI=1S/C14H11N3O3/c18-13-9-7-10(14(19)20)17(8-4-5-8)12(9)15-11-3-1-2-6-16(11)13/h1-3,6-8H,4-5H2,(H,19,20). The van der Waals surface area contributed by atoms with Crippen molar-refractivity contribution in [2.75, 3.05) is 0 Å². The number of hydrogen-bond donors (Lipinski definition) is 1. The highest BCUT2D eigenvalue weighted by Gasteiger charge is 2.31. The third-order valence-corrected chi connectivity index (χ3v) is 3.65. The first-order valence-electron chi connectivity index (χ1n) is 6.42. The highest BCUT2D eigenvalue weighted by molar-refractivity contribution is 5.93. The second kappa shape index (κ2) is 3.69. The van der Waals surface area contributed by atoms with Gasteiger partial charge in [0.1, 0.15) is 17.0 Å². The second-order valence-corrected chi connectivity index (χ2v) is 5.02. The Morgan fingerprint density at radius 3 is 2.85 bits per heavy atom. The van der Waals surface area contributed by atoms with Crippen LogP contribution in [0.4, 0.5) is 0 Å². The average Bonchev–Trinajstić information content (AvgIpc) is 3.20. The van der Waals surface area contributed by atoms with Gasteiger partial charge in [0.05, 0.1) is 5.39 Å². The van der Waals surface area contributed by atoms with Crippen LogP contribution in [0.1, 0.15) is 29.4 Å². The van der Waals surface area contributed by atoms with E-state index in [1.807, 2.05) is 0 Å². The average molecular weight is 269 g/mol. The van der Waals surface area contributed by atoms with Crippen molar-refractivity contribution in [3.8, 4) is 0 Å². The molecule has 0 spiro atoms. The molecule has 6 nitrogen and oxygen atoms in total. The normalized spacial score (nSPS) is 15.0. The van der Waals surface area contributed by atoms with Gasteiger partial charge in [-0.15, -0.1) is 0 Å². The van der Waals surface area contributed by atoms with Gasteiger partial charge in [-0.25, -0.2) is 9.78 Å². The molecule has 0 unspecified atom stereocenters. The minimum absolute atomic E-state index is 0.142. The number of hydrogen-bond acceptors (Lipinski definition) is 3. The fourth-order valence-corrected chi connectivity index (χ4v) is 2.59. The van der Waals surface area contributed by atoms with Gasteiger partial charge in [0.2, 0.25) is 0 Å². The number of aromatic carboxylic acids is 1. The van der Waals surface area contributed by atoms with E-state index in [4.69, 9.17) is 0 Å². The van der Waals surface area contributed by atoms with E-state index >= 15 is 0 Å². The van der Waals surface area contributed by atoms with Crippen LogP contribution in [0, 0.1) is 0 Å². The van der Waals surface area contributed by atoms with Crippen LogP contribution in [0.2, 0.25) is 0 Å². The van der Waals surface area contributed by atoms with Gasteiger partial charge in [-0.05, 0) is 31.0 Å². The molecule has 3 aromatic heterocycles. The third kappa shape index (κ3) is 1.41. The van der Waals surface area contributed by atoms with E-state index in [-0.39, 0.29) is 17.3 Å². The van der Waals surface area contributed by atoms with Crippen molar-refractivity contribution in [1.29, 1.82) is 0 Å². The van der Waals surface area contributed by atoms with Crippen LogP contribution in [-0.4, -0.2) is 25.0 Å². The summed E-state index contributed by atoms with van der Waals surface area (Å²) in [5.41, 5.74) is 0.915. The van der Waals surface area contributed by atoms with Crippen LogP contribution in [0.15, 0.2) is 35.3 Å². The third-order valence-electron chi connectivity index (χ3n) is 3.65. The highest BCUT2D eigenvalue weighted by atomic mass is 16.4. The molecule has 6 heteroatoms. The Morgan fingerprint density at radius 1 is 1.35 bits per heavy atom. The summed E-state index contributed by atoms with van der Waals surface area (Å²) >= 11 is 0. The lowest BCUT2D eigenvalue weighted by Crippen LogP contribution is -2.15. The van der Waals surface area contributed by atoms with Gasteiger partial charge in [0, 0.05) is 12.2 Å². The van der Waals surface area contributed by atoms with Crippen LogP contribution in [0.3, 0.4) is 0 Å². The number of pyridine rings is 1. The number of aromatic nitrogens is 3. The lowest BCUT2D eigenvalue weighted by molar-refractivity contribution is 0.0685. The van der Waals surface area contributed by atoms with E-state index in [0.29, 0.717) is 16.7 Å². The molecule has 0 bridgehead atoms. The van der Waals surface area contributed by atoms with Crippen LogP contribution < -0.4 is 5.56 Å². The maximum Gasteiger partial charge on any atom is 0.352 e. The van der Waals surface area contributed by atoms with Crippen molar-refractivity contribution in [1.82, 2.24) is 14.0 Å². The molecule has 0 radical (unpaired) electrons. The lowest BCUT2D eigenvalue weighted by atomic mass is 10.3. The Hall–Kier alpha value is -2.63. The van der Waals surface area contributed by atoms with E-state index in [1.165, 1.54) is 10.5 Å². The molecule has 1 N–H and O–H groups in total. The van der Waals surface area contributed by atoms with Gasteiger partial charge in [0.15, 0.2) is 0 Å². The molecule has 0 amide bonds. The van der Waals surface area contributed by atoms with Crippen molar-refractivity contribution >= 4 is 22.6 Å². The largest absolute Gasteiger partial charge is 0.477 e. The quantitative estimate of drug-likeness (QED) is 0.768. The smallest absolute Gasteiger partial charge is 0.352 e. The zero-order valence-corrected chi connectivity index (χ0v) is 10.5. The van der Waals surface area contributed by atoms with Gasteiger partial charge in [0.25, 0.3) is 5.56 Å². The fraction of sp³-hybridized carbons (Fsp3) is 0.214. The summed E-state index contributed by atoms with van der Waals surface area (Å²) in [6.07, 6.45) is 3.50. The molecule has 1 aliphatic rings. The van der Waals surface area contributed by atoms with Gasteiger partial charge >= 0.3 is 5.97 Å². The first-order valence-corrected chi connectivity index (χ1v) is 6.42. The van der Waals surface area contributed by atoms with Crippen LogP contribution in [0.25, 0.3) is 16.7 Å². The maximum absolute atomic E-state index is 12.4. The number of nitrogens with zero attached hydrogens (tertiary/aromatic N) is 3. The number of carboxylic acids is 1. The summed E-state index contributed by atoms with van der Waals surface area (Å²) < 4.78 is 3.12. The molecule has 4 rings (SSSR count). The van der Waals surface area contributed by atoms with Crippen LogP contribution in [-0.2, 0) is 0 Å². The first-order chi connectivity index (χ1) is 9.66. The molecule has 3 heterocycles. The van der Waals surface area contributed by atoms with Gasteiger partial charge in [-0.2, -0.15) is 0 Å². The Kier molecular flexibility index (Phi) is 2.07. The Morgan fingerprint density at radius 2 is 2.15 bits per heavy atom. The predicted octanol–water partition coefficient (Wildman–Crippen LogP) is 1.68. The van der Waals surface area contributed by atoms with Crippen molar-refractivity contribution < 1.29 is 9.90 Å². The summed E-state index contributed by atoms with van der Waals surface area (Å²) in [4.78, 5) is 28.3. The van der Waals surface area contributed by atoms with Crippen LogP contribution in [0.5, 0.6) is 0 Å². The SMILES string of the molecule is O=C(O)c1cc2c(=O)n3ccccc3nc2n1C1CC1. The van der Waals surface area contributed by atoms with E-state index < -0.39 is 5.97 Å². The zero-order valence-electron chi connectivity index (χ0n) is 10.5. The molecule has 1 aliphatic carbocycles. The summed E-state index contributed by atoms with van der Waals surface area (Å²) in [6, 6.07) is 6.88. The molecule has 100 valence electrons. The number of carboxylic acid groups (broad SMARTS) is 1. The van der Waals surface area contributed by atoms with Crippen molar-refractivity contribution in [3.05, 3.63) is 46.5 Å². The van der Waals surface area contributed by atoms with Crippen LogP contribution >= 0.6 is 0 Å². The monoisotopic (exact) mass is 269 g/mol. The molecule has 0 saturated heterocycles. The fourth-order valence-electron chi connectivity index (χ4n) is 2.59. The number of fused-ring (bicyclic) bond motifs is 2. The molecule has 1 saturated carbocycles. The minimum atomic E-state index is -1.02. The Balaban J connectivity index is 2.20. The zero-order chi connectivity index (χ0) is 13.9. The molecule has 20 heavy (non-hydrogen) atoms. The Bertz CT molecular complexity index is 918. The van der Waals surface area contributed by atoms with E-state index in [9.17, 15) is 14.7 Å². The van der Waals surface area contributed by atoms with Gasteiger partial charge in [-0.1, -0.05) is 6.07 Å². The maximum atomic E-state index is 12.4. The second-order valence-electron chi connectivity index (χ2n) is 5.02. The highest BCUT2D eigenvalue weighted by Crippen LogP contribution is 2.38. The summed E-state index contributed by atoms with van der Waals surface area (Å²) in [5.74, 6) is -1.02. The summed E-state index contributed by atoms with van der Waals surface area (Å²) in [6.45, 7) is 0. The summed E-state index contributed by atoms with van der Waals surface area (Å²) in [5, 5.41) is 9.67. The first kappa shape index (κ1) is 11.2. The van der Waals surface area contributed by atoms with Gasteiger partial charge in [-0.3, -0.25) is 9.20 Å². The molecule has 0 aliphatic heterocycles. The van der Waals surface area contributed by atoms with E-state index in [2.05, 4.69) is 4.98 Å². The van der Waals surface area contributed by atoms with E-state index in [0.717, 1.165) is 12.8 Å². The van der Waals surface area contributed by atoms with Crippen molar-refractivity contribution in [3.63, 3.8) is 0 Å². The predicted molar refractivity (Wildman–Crippen MR) is 72.2 cm³/mol. The molecule has 1 fully saturated rings. The molecule has 3 aromatic rings. The molecule has 0 aromatic carbocycles. The number of carbonyl (C=O) groups is 1. The lowest BCUT2D eigenvalue weighted by Gasteiger charge is -2.06. The minimum Gasteiger partial charge on any atom is -0.477 e. The number of rotatable bonds is 2. The molecule has 0 atom stereocenters. The van der Waals surface area contributed by atoms with Gasteiger partial charge < -0.3 is 9.67 Å². The van der Waals surface area contributed by atoms with E-state index in [1.54, 1.807) is 29.0 Å². The Labute approximate surface area is 112 Å².